The van der Waals surface area contributed by atoms with E-state index in [2.05, 4.69) is 31.1 Å². The van der Waals surface area contributed by atoms with Crippen molar-refractivity contribution in [2.75, 3.05) is 0 Å². The van der Waals surface area contributed by atoms with E-state index in [0.717, 1.165) is 32.2 Å². The van der Waals surface area contributed by atoms with Gasteiger partial charge < -0.3 is 10.1 Å². The molecule has 0 amide bonds. The Labute approximate surface area is 130 Å². The fourth-order valence-corrected chi connectivity index (χ4v) is 2.53. The monoisotopic (exact) mass is 343 g/mol. The topological polar surface area (TPSA) is 60.7 Å². The van der Waals surface area contributed by atoms with Gasteiger partial charge in [-0.15, -0.1) is 5.11 Å². The Morgan fingerprint density at radius 3 is 2.67 bits per heavy atom. The van der Waals surface area contributed by atoms with Crippen molar-refractivity contribution in [3.05, 3.63) is 52.0 Å². The normalized spacial score (nSPS) is 11.6. The fraction of sp³-hybridized carbons (Fsp3) is 0.125. The molecule has 0 saturated heterocycles. The van der Waals surface area contributed by atoms with Gasteiger partial charge >= 0.3 is 0 Å². The van der Waals surface area contributed by atoms with Crippen LogP contribution in [0.2, 0.25) is 0 Å². The van der Waals surface area contributed by atoms with Crippen molar-refractivity contribution in [1.82, 2.24) is 4.98 Å². The number of aromatic hydroxyl groups is 1. The minimum atomic E-state index is 0.0251. The molecule has 5 heteroatoms. The highest BCUT2D eigenvalue weighted by atomic mass is 79.9. The second-order valence-corrected chi connectivity index (χ2v) is 5.92. The van der Waals surface area contributed by atoms with Crippen LogP contribution in [0, 0.1) is 13.8 Å². The molecule has 0 aliphatic heterocycles. The van der Waals surface area contributed by atoms with Gasteiger partial charge in [0.15, 0.2) is 5.69 Å². The molecule has 0 unspecified atom stereocenters. The van der Waals surface area contributed by atoms with Gasteiger partial charge in [0.25, 0.3) is 0 Å². The molecule has 1 heterocycles. The maximum absolute atomic E-state index is 10.0. The number of aryl methyl sites for hydroxylation is 2. The Morgan fingerprint density at radius 2 is 1.86 bits per heavy atom. The Hall–Kier alpha value is -2.14. The van der Waals surface area contributed by atoms with E-state index < -0.39 is 0 Å². The summed E-state index contributed by atoms with van der Waals surface area (Å²) >= 11 is 3.43. The summed E-state index contributed by atoms with van der Waals surface area (Å²) in [7, 11) is 0. The summed E-state index contributed by atoms with van der Waals surface area (Å²) in [4.78, 5) is 2.90. The van der Waals surface area contributed by atoms with Gasteiger partial charge in [0, 0.05) is 9.86 Å². The number of fused-ring (bicyclic) bond motifs is 1. The average Bonchev–Trinajstić information content (AvgIpc) is 2.75. The van der Waals surface area contributed by atoms with E-state index in [9.17, 15) is 5.11 Å². The van der Waals surface area contributed by atoms with Crippen LogP contribution in [0.15, 0.2) is 51.1 Å². The maximum atomic E-state index is 10.0. The minimum Gasteiger partial charge on any atom is -0.493 e. The molecule has 2 N–H and O–H groups in total. The fourth-order valence-electron chi connectivity index (χ4n) is 2.17. The molecule has 0 fully saturated rings. The van der Waals surface area contributed by atoms with E-state index in [4.69, 9.17) is 0 Å². The predicted molar refractivity (Wildman–Crippen MR) is 87.8 cm³/mol. The number of rotatable bonds is 2. The van der Waals surface area contributed by atoms with Gasteiger partial charge in [0.05, 0.1) is 11.2 Å². The molecule has 0 bridgehead atoms. The lowest BCUT2D eigenvalue weighted by Gasteiger charge is -2.00. The van der Waals surface area contributed by atoms with E-state index >= 15 is 0 Å². The van der Waals surface area contributed by atoms with Crippen molar-refractivity contribution in [3.8, 4) is 5.88 Å². The van der Waals surface area contributed by atoms with Gasteiger partial charge in [-0.05, 0) is 49.2 Å². The molecule has 0 saturated carbocycles. The summed E-state index contributed by atoms with van der Waals surface area (Å²) in [6, 6.07) is 11.7. The van der Waals surface area contributed by atoms with Crippen molar-refractivity contribution in [2.24, 2.45) is 10.2 Å². The van der Waals surface area contributed by atoms with E-state index in [1.165, 1.54) is 0 Å². The third-order valence-corrected chi connectivity index (χ3v) is 3.83. The lowest BCUT2D eigenvalue weighted by molar-refractivity contribution is 0.459. The molecular formula is C16H14BrN3O. The quantitative estimate of drug-likeness (QED) is 0.578. The smallest absolute Gasteiger partial charge is 0.218 e. The van der Waals surface area contributed by atoms with Gasteiger partial charge in [-0.25, -0.2) is 0 Å². The van der Waals surface area contributed by atoms with Crippen LogP contribution in [-0.4, -0.2) is 10.1 Å². The zero-order valence-corrected chi connectivity index (χ0v) is 13.3. The molecule has 0 spiro atoms. The van der Waals surface area contributed by atoms with Gasteiger partial charge in [-0.2, -0.15) is 5.11 Å². The highest BCUT2D eigenvalue weighted by Crippen LogP contribution is 2.37. The lowest BCUT2D eigenvalue weighted by atomic mass is 10.1. The number of azo groups is 1. The SMILES string of the molecule is Cc1ccc(C)c(N=Nc2c(O)[nH]c3ccc(Br)cc23)c1. The first-order valence-corrected chi connectivity index (χ1v) is 7.33. The minimum absolute atomic E-state index is 0.0251. The van der Waals surface area contributed by atoms with Crippen LogP contribution in [0.4, 0.5) is 11.4 Å². The van der Waals surface area contributed by atoms with Crippen LogP contribution in [0.5, 0.6) is 5.88 Å². The molecule has 106 valence electrons. The first-order chi connectivity index (χ1) is 10.0. The summed E-state index contributed by atoms with van der Waals surface area (Å²) < 4.78 is 0.928. The van der Waals surface area contributed by atoms with Crippen LogP contribution in [0.1, 0.15) is 11.1 Å². The predicted octanol–water partition coefficient (Wildman–Crippen LogP) is 5.67. The van der Waals surface area contributed by atoms with Crippen LogP contribution in [-0.2, 0) is 0 Å². The molecule has 2 aromatic carbocycles. The molecule has 0 aliphatic rings. The average molecular weight is 344 g/mol. The Kier molecular flexibility index (Phi) is 3.51. The Bertz CT molecular complexity index is 852. The van der Waals surface area contributed by atoms with Crippen molar-refractivity contribution in [3.63, 3.8) is 0 Å². The first-order valence-electron chi connectivity index (χ1n) is 6.54. The highest BCUT2D eigenvalue weighted by molar-refractivity contribution is 9.10. The summed E-state index contributed by atoms with van der Waals surface area (Å²) in [5, 5.41) is 19.3. The Morgan fingerprint density at radius 1 is 1.05 bits per heavy atom. The number of hydrogen-bond donors (Lipinski definition) is 2. The van der Waals surface area contributed by atoms with Gasteiger partial charge in [-0.1, -0.05) is 28.1 Å². The number of nitrogens with zero attached hydrogens (tertiary/aromatic N) is 2. The van der Waals surface area contributed by atoms with Crippen molar-refractivity contribution >= 4 is 38.2 Å². The lowest BCUT2D eigenvalue weighted by Crippen LogP contribution is -1.76. The Balaban J connectivity index is 2.09. The molecule has 4 nitrogen and oxygen atoms in total. The highest BCUT2D eigenvalue weighted by Gasteiger charge is 2.10. The standard InChI is InChI=1S/C16H14BrN3O/c1-9-3-4-10(2)14(7-9)19-20-15-12-8-11(17)5-6-13(12)18-16(15)21/h3-8,18,21H,1-2H3. The molecule has 3 aromatic rings. The molecule has 0 aliphatic carbocycles. The zero-order valence-electron chi connectivity index (χ0n) is 11.7. The zero-order chi connectivity index (χ0) is 15.0. The molecular weight excluding hydrogens is 330 g/mol. The number of halogens is 1. The number of nitrogens with one attached hydrogen (secondary N) is 1. The van der Waals surface area contributed by atoms with Gasteiger partial charge in [0.2, 0.25) is 5.88 Å². The number of aromatic amines is 1. The summed E-state index contributed by atoms with van der Waals surface area (Å²) in [5.41, 5.74) is 4.25. The second kappa shape index (κ2) is 5.33. The first kappa shape index (κ1) is 13.8. The molecule has 0 radical (unpaired) electrons. The molecule has 1 aromatic heterocycles. The second-order valence-electron chi connectivity index (χ2n) is 5.00. The van der Waals surface area contributed by atoms with Crippen LogP contribution in [0.25, 0.3) is 10.9 Å². The van der Waals surface area contributed by atoms with E-state index in [1.807, 2.05) is 50.2 Å². The van der Waals surface area contributed by atoms with E-state index in [-0.39, 0.29) is 5.88 Å². The van der Waals surface area contributed by atoms with Crippen LogP contribution in [0.3, 0.4) is 0 Å². The molecule has 3 rings (SSSR count). The number of H-pyrrole nitrogens is 1. The molecule has 21 heavy (non-hydrogen) atoms. The van der Waals surface area contributed by atoms with Crippen molar-refractivity contribution in [2.45, 2.75) is 13.8 Å². The summed E-state index contributed by atoms with van der Waals surface area (Å²) in [6.07, 6.45) is 0. The summed E-state index contributed by atoms with van der Waals surface area (Å²) in [5.74, 6) is 0.0251. The van der Waals surface area contributed by atoms with Crippen LogP contribution < -0.4 is 0 Å². The third-order valence-electron chi connectivity index (χ3n) is 3.34. The van der Waals surface area contributed by atoms with Crippen LogP contribution >= 0.6 is 15.9 Å². The largest absolute Gasteiger partial charge is 0.493 e. The van der Waals surface area contributed by atoms with Gasteiger partial charge in [-0.3, -0.25) is 0 Å². The number of aromatic nitrogens is 1. The van der Waals surface area contributed by atoms with E-state index in [0.29, 0.717) is 5.69 Å². The molecule has 0 atom stereocenters. The van der Waals surface area contributed by atoms with E-state index in [1.54, 1.807) is 0 Å². The van der Waals surface area contributed by atoms with Crippen molar-refractivity contribution in [1.29, 1.82) is 0 Å². The number of hydrogen-bond acceptors (Lipinski definition) is 3. The summed E-state index contributed by atoms with van der Waals surface area (Å²) in [6.45, 7) is 4.00. The third kappa shape index (κ3) is 2.69. The van der Waals surface area contributed by atoms with Crippen molar-refractivity contribution < 1.29 is 5.11 Å². The number of benzene rings is 2. The maximum Gasteiger partial charge on any atom is 0.218 e. The van der Waals surface area contributed by atoms with Gasteiger partial charge in [0.1, 0.15) is 0 Å².